The van der Waals surface area contributed by atoms with E-state index in [0.29, 0.717) is 24.5 Å². The van der Waals surface area contributed by atoms with Crippen molar-refractivity contribution in [3.05, 3.63) is 53.9 Å². The van der Waals surface area contributed by atoms with E-state index in [0.717, 1.165) is 12.1 Å². The second-order valence-corrected chi connectivity index (χ2v) is 5.23. The van der Waals surface area contributed by atoms with E-state index < -0.39 is 17.8 Å². The van der Waals surface area contributed by atoms with Crippen LogP contribution in [0, 0.1) is 0 Å². The zero-order chi connectivity index (χ0) is 15.7. The van der Waals surface area contributed by atoms with Crippen LogP contribution in [0.2, 0.25) is 0 Å². The van der Waals surface area contributed by atoms with Gasteiger partial charge in [-0.2, -0.15) is 13.2 Å². The molecule has 0 bridgehead atoms. The number of hydrogen-bond donors (Lipinski definition) is 1. The van der Waals surface area contributed by atoms with Crippen molar-refractivity contribution >= 4 is 5.95 Å². The molecule has 7 heteroatoms. The zero-order valence-electron chi connectivity index (χ0n) is 11.5. The third kappa shape index (κ3) is 2.89. The maximum absolute atomic E-state index is 12.6. The number of benzene rings is 1. The Labute approximate surface area is 125 Å². The molecule has 1 N–H and O–H groups in total. The van der Waals surface area contributed by atoms with Gasteiger partial charge in [-0.3, -0.25) is 0 Å². The van der Waals surface area contributed by atoms with Gasteiger partial charge in [-0.05, 0) is 30.2 Å². The highest BCUT2D eigenvalue weighted by Gasteiger charge is 2.35. The highest BCUT2D eigenvalue weighted by atomic mass is 19.4. The van der Waals surface area contributed by atoms with Gasteiger partial charge in [0.25, 0.3) is 0 Å². The molecule has 2 aromatic rings. The summed E-state index contributed by atoms with van der Waals surface area (Å²) < 4.78 is 37.9. The van der Waals surface area contributed by atoms with Crippen LogP contribution in [0.4, 0.5) is 19.1 Å². The number of aromatic nitrogens is 2. The molecule has 0 saturated carbocycles. The number of rotatable bonds is 2. The van der Waals surface area contributed by atoms with E-state index in [2.05, 4.69) is 9.97 Å². The molecule has 0 amide bonds. The monoisotopic (exact) mass is 309 g/mol. The van der Waals surface area contributed by atoms with Crippen molar-refractivity contribution in [2.45, 2.75) is 24.7 Å². The maximum atomic E-state index is 12.6. The summed E-state index contributed by atoms with van der Waals surface area (Å²) in [6, 6.07) is 6.46. The van der Waals surface area contributed by atoms with Crippen LogP contribution in [0.1, 0.15) is 23.6 Å². The molecule has 3 rings (SSSR count). The molecule has 0 aliphatic carbocycles. The van der Waals surface area contributed by atoms with Crippen molar-refractivity contribution in [3.8, 4) is 0 Å². The molecule has 1 saturated heterocycles. The fourth-order valence-corrected chi connectivity index (χ4v) is 2.68. The molecule has 2 atom stereocenters. The number of hydrogen-bond acceptors (Lipinski definition) is 4. The third-order valence-corrected chi connectivity index (χ3v) is 3.71. The Balaban J connectivity index is 1.89. The Morgan fingerprint density at radius 2 is 1.73 bits per heavy atom. The lowest BCUT2D eigenvalue weighted by molar-refractivity contribution is -0.137. The number of β-amino-alcohol motifs (C(OH)–C–C–N with tert-alkyl or cyclic N) is 1. The SMILES string of the molecule is O[C@@H]1C[C@@H](c2ccc(C(F)(F)F)cc2)N(c2ncccn2)C1. The van der Waals surface area contributed by atoms with Gasteiger partial charge in [0.15, 0.2) is 0 Å². The lowest BCUT2D eigenvalue weighted by Crippen LogP contribution is -2.26. The van der Waals surface area contributed by atoms with E-state index in [1.54, 1.807) is 18.5 Å². The molecule has 0 spiro atoms. The Kier molecular flexibility index (Phi) is 3.74. The first-order chi connectivity index (χ1) is 10.4. The summed E-state index contributed by atoms with van der Waals surface area (Å²) in [6.45, 7) is 0.357. The van der Waals surface area contributed by atoms with Gasteiger partial charge in [-0.25, -0.2) is 9.97 Å². The Bertz CT molecular complexity index is 631. The van der Waals surface area contributed by atoms with Crippen LogP contribution in [0.5, 0.6) is 0 Å². The summed E-state index contributed by atoms with van der Waals surface area (Å²) in [5, 5.41) is 9.90. The minimum absolute atomic E-state index is 0.236. The number of alkyl halides is 3. The zero-order valence-corrected chi connectivity index (χ0v) is 11.5. The molecule has 1 aromatic heterocycles. The number of halogens is 3. The molecule has 4 nitrogen and oxygen atoms in total. The van der Waals surface area contributed by atoms with Crippen molar-refractivity contribution in [1.82, 2.24) is 9.97 Å². The fourth-order valence-electron chi connectivity index (χ4n) is 2.68. The number of nitrogens with zero attached hydrogens (tertiary/aromatic N) is 3. The van der Waals surface area contributed by atoms with Crippen LogP contribution in [-0.4, -0.2) is 27.7 Å². The molecular formula is C15H14F3N3O. The quantitative estimate of drug-likeness (QED) is 0.927. The molecule has 116 valence electrons. The molecule has 2 heterocycles. The number of aliphatic hydroxyl groups excluding tert-OH is 1. The summed E-state index contributed by atoms with van der Waals surface area (Å²) >= 11 is 0. The van der Waals surface area contributed by atoms with Gasteiger partial charge in [0.1, 0.15) is 0 Å². The predicted molar refractivity (Wildman–Crippen MR) is 74.2 cm³/mol. The van der Waals surface area contributed by atoms with Crippen LogP contribution >= 0.6 is 0 Å². The van der Waals surface area contributed by atoms with E-state index in [-0.39, 0.29) is 6.04 Å². The van der Waals surface area contributed by atoms with Gasteiger partial charge in [-0.15, -0.1) is 0 Å². The highest BCUT2D eigenvalue weighted by molar-refractivity contribution is 5.39. The highest BCUT2D eigenvalue weighted by Crippen LogP contribution is 2.36. The third-order valence-electron chi connectivity index (χ3n) is 3.71. The minimum Gasteiger partial charge on any atom is -0.391 e. The van der Waals surface area contributed by atoms with Crippen LogP contribution in [-0.2, 0) is 6.18 Å². The molecule has 1 aliphatic heterocycles. The van der Waals surface area contributed by atoms with Crippen molar-refractivity contribution in [2.75, 3.05) is 11.4 Å². The molecule has 1 aliphatic rings. The normalized spacial score (nSPS) is 22.1. The summed E-state index contributed by atoms with van der Waals surface area (Å²) in [7, 11) is 0. The summed E-state index contributed by atoms with van der Waals surface area (Å²) in [6.07, 6.45) is -1.29. The summed E-state index contributed by atoms with van der Waals surface area (Å²) in [5.41, 5.74) is 0.0225. The molecule has 1 aromatic carbocycles. The minimum atomic E-state index is -4.35. The topological polar surface area (TPSA) is 49.2 Å². The van der Waals surface area contributed by atoms with Crippen LogP contribution < -0.4 is 4.90 Å². The van der Waals surface area contributed by atoms with Gasteiger partial charge >= 0.3 is 6.18 Å². The van der Waals surface area contributed by atoms with E-state index >= 15 is 0 Å². The first-order valence-corrected chi connectivity index (χ1v) is 6.84. The molecule has 1 fully saturated rings. The standard InChI is InChI=1S/C15H14F3N3O/c16-15(17,18)11-4-2-10(3-5-11)13-8-12(22)9-21(13)14-19-6-1-7-20-14/h1-7,12-13,22H,8-9H2/t12-,13+/m1/s1. The first-order valence-electron chi connectivity index (χ1n) is 6.84. The molecule has 0 unspecified atom stereocenters. The smallest absolute Gasteiger partial charge is 0.391 e. The molecule has 0 radical (unpaired) electrons. The Hall–Kier alpha value is -2.15. The van der Waals surface area contributed by atoms with E-state index in [1.165, 1.54) is 12.1 Å². The van der Waals surface area contributed by atoms with Gasteiger partial charge in [0.2, 0.25) is 5.95 Å². The van der Waals surface area contributed by atoms with E-state index in [4.69, 9.17) is 0 Å². The second-order valence-electron chi connectivity index (χ2n) is 5.23. The number of aliphatic hydroxyl groups is 1. The maximum Gasteiger partial charge on any atom is 0.416 e. The lowest BCUT2D eigenvalue weighted by atomic mass is 10.0. The fraction of sp³-hybridized carbons (Fsp3) is 0.333. The Morgan fingerprint density at radius 3 is 2.32 bits per heavy atom. The van der Waals surface area contributed by atoms with Crippen molar-refractivity contribution in [1.29, 1.82) is 0 Å². The van der Waals surface area contributed by atoms with Gasteiger partial charge in [0, 0.05) is 18.9 Å². The first kappa shape index (κ1) is 14.8. The average Bonchev–Trinajstić information content (AvgIpc) is 2.89. The summed E-state index contributed by atoms with van der Waals surface area (Å²) in [4.78, 5) is 10.1. The van der Waals surface area contributed by atoms with Gasteiger partial charge in [0.05, 0.1) is 17.7 Å². The molecule has 22 heavy (non-hydrogen) atoms. The summed E-state index contributed by atoms with van der Waals surface area (Å²) in [5.74, 6) is 0.462. The van der Waals surface area contributed by atoms with E-state index in [9.17, 15) is 18.3 Å². The van der Waals surface area contributed by atoms with Gasteiger partial charge in [-0.1, -0.05) is 12.1 Å². The average molecular weight is 309 g/mol. The largest absolute Gasteiger partial charge is 0.416 e. The van der Waals surface area contributed by atoms with Crippen molar-refractivity contribution in [2.24, 2.45) is 0 Å². The lowest BCUT2D eigenvalue weighted by Gasteiger charge is -2.24. The predicted octanol–water partition coefficient (Wildman–Crippen LogP) is 2.81. The van der Waals surface area contributed by atoms with Crippen LogP contribution in [0.3, 0.4) is 0 Å². The van der Waals surface area contributed by atoms with Crippen molar-refractivity contribution in [3.63, 3.8) is 0 Å². The van der Waals surface area contributed by atoms with Crippen LogP contribution in [0.25, 0.3) is 0 Å². The van der Waals surface area contributed by atoms with Gasteiger partial charge < -0.3 is 10.0 Å². The second kappa shape index (κ2) is 5.57. The Morgan fingerprint density at radius 1 is 1.09 bits per heavy atom. The number of anilines is 1. The van der Waals surface area contributed by atoms with E-state index in [1.807, 2.05) is 4.90 Å². The van der Waals surface area contributed by atoms with Crippen molar-refractivity contribution < 1.29 is 18.3 Å². The molecular weight excluding hydrogens is 295 g/mol. The van der Waals surface area contributed by atoms with Crippen LogP contribution in [0.15, 0.2) is 42.7 Å².